The van der Waals surface area contributed by atoms with E-state index in [1.54, 1.807) is 7.11 Å². The van der Waals surface area contributed by atoms with Gasteiger partial charge in [-0.15, -0.1) is 18.3 Å². The number of alkyl halides is 3. The van der Waals surface area contributed by atoms with Crippen molar-refractivity contribution in [2.45, 2.75) is 13.3 Å². The van der Waals surface area contributed by atoms with Gasteiger partial charge in [0.25, 0.3) is 0 Å². The zero-order valence-electron chi connectivity index (χ0n) is 17.6. The summed E-state index contributed by atoms with van der Waals surface area (Å²) in [4.78, 5) is 4.09. The molecule has 3 rings (SSSR count). The molecule has 174 valence electrons. The van der Waals surface area contributed by atoms with E-state index >= 15 is 0 Å². The summed E-state index contributed by atoms with van der Waals surface area (Å²) in [5.74, 6) is 0.686. The lowest BCUT2D eigenvalue weighted by Crippen LogP contribution is -2.30. The lowest BCUT2D eigenvalue weighted by atomic mass is 10.2. The van der Waals surface area contributed by atoms with E-state index in [0.29, 0.717) is 22.4 Å². The first-order chi connectivity index (χ1) is 15.7. The maximum Gasteiger partial charge on any atom is 0.573 e. The van der Waals surface area contributed by atoms with Gasteiger partial charge in [-0.3, -0.25) is 0 Å². The Bertz CT molecular complexity index is 1120. The maximum absolute atomic E-state index is 12.2. The number of halogens is 3. The summed E-state index contributed by atoms with van der Waals surface area (Å²) in [5, 5.41) is 10.5. The number of aromatic nitrogens is 3. The van der Waals surface area contributed by atoms with E-state index in [1.165, 1.54) is 47.6 Å². The number of nitrogens with one attached hydrogen (secondary N) is 2. The van der Waals surface area contributed by atoms with Crippen LogP contribution in [0.25, 0.3) is 11.8 Å². The average molecular weight is 479 g/mol. The van der Waals surface area contributed by atoms with Crippen molar-refractivity contribution in [3.63, 3.8) is 0 Å². The predicted molar refractivity (Wildman–Crippen MR) is 120 cm³/mol. The zero-order chi connectivity index (χ0) is 23.8. The van der Waals surface area contributed by atoms with Crippen molar-refractivity contribution < 1.29 is 27.4 Å². The number of benzene rings is 2. The molecule has 12 heteroatoms. The highest BCUT2D eigenvalue weighted by molar-refractivity contribution is 7.80. The molecule has 3 aromatic rings. The Morgan fingerprint density at radius 3 is 2.64 bits per heavy atom. The zero-order valence-corrected chi connectivity index (χ0v) is 18.4. The molecule has 0 aliphatic heterocycles. The van der Waals surface area contributed by atoms with E-state index < -0.39 is 6.36 Å². The van der Waals surface area contributed by atoms with Crippen LogP contribution in [0.5, 0.6) is 11.5 Å². The van der Waals surface area contributed by atoms with Crippen molar-refractivity contribution in [1.82, 2.24) is 20.1 Å². The lowest BCUT2D eigenvalue weighted by molar-refractivity contribution is -0.274. The normalized spacial score (nSPS) is 11.3. The van der Waals surface area contributed by atoms with Gasteiger partial charge in [0.15, 0.2) is 17.7 Å². The molecular formula is C21H20F3N5O3S. The van der Waals surface area contributed by atoms with Gasteiger partial charge in [-0.2, -0.15) is 0 Å². The second kappa shape index (κ2) is 10.7. The van der Waals surface area contributed by atoms with E-state index in [4.69, 9.17) is 21.7 Å². The highest BCUT2D eigenvalue weighted by Crippen LogP contribution is 2.25. The number of hydrogen-bond donors (Lipinski definition) is 2. The topological polar surface area (TPSA) is 82.5 Å². The molecule has 0 atom stereocenters. The predicted octanol–water partition coefficient (Wildman–Crippen LogP) is 4.41. The molecule has 0 saturated heterocycles. The molecule has 0 bridgehead atoms. The molecule has 1 heterocycles. The van der Waals surface area contributed by atoms with Crippen LogP contribution >= 0.6 is 12.2 Å². The Labute approximate surface area is 193 Å². The van der Waals surface area contributed by atoms with E-state index in [2.05, 4.69) is 25.5 Å². The minimum absolute atomic E-state index is 0.0951. The molecule has 0 unspecified atom stereocenters. The Kier molecular flexibility index (Phi) is 7.72. The van der Waals surface area contributed by atoms with Crippen LogP contribution in [-0.2, 0) is 4.74 Å². The van der Waals surface area contributed by atoms with Crippen LogP contribution < -0.4 is 20.1 Å². The number of methoxy groups -OCH3 is 1. The quantitative estimate of drug-likeness (QED) is 0.213. The van der Waals surface area contributed by atoms with Gasteiger partial charge < -0.3 is 24.8 Å². The molecule has 0 saturated carbocycles. The molecule has 0 amide bonds. The lowest BCUT2D eigenvalue weighted by Gasteiger charge is -2.13. The number of hydrogen-bond acceptors (Lipinski definition) is 6. The summed E-state index contributed by atoms with van der Waals surface area (Å²) in [5.41, 5.74) is 2.30. The minimum Gasteiger partial charge on any atom is -0.495 e. The summed E-state index contributed by atoms with van der Waals surface area (Å²) in [6.45, 7) is 2.06. The van der Waals surface area contributed by atoms with Crippen LogP contribution in [0.1, 0.15) is 11.4 Å². The van der Waals surface area contributed by atoms with Gasteiger partial charge in [-0.1, -0.05) is 6.07 Å². The summed E-state index contributed by atoms with van der Waals surface area (Å²) in [7, 11) is 1.58. The fourth-order valence-corrected chi connectivity index (χ4v) is 2.80. The number of anilines is 1. The monoisotopic (exact) mass is 479 g/mol. The summed E-state index contributed by atoms with van der Waals surface area (Å²) in [6, 6.07) is 10.9. The fraction of sp³-hybridized carbons (Fsp3) is 0.190. The molecule has 0 aliphatic rings. The van der Waals surface area contributed by atoms with Crippen LogP contribution in [0.3, 0.4) is 0 Å². The first kappa shape index (κ1) is 23.9. The number of nitrogens with zero attached hydrogens (tertiary/aromatic N) is 3. The van der Waals surface area contributed by atoms with E-state index in [1.807, 2.05) is 25.1 Å². The Hall–Kier alpha value is -3.80. The molecule has 0 fully saturated rings. The van der Waals surface area contributed by atoms with Crippen molar-refractivity contribution in [2.75, 3.05) is 19.2 Å². The number of thiocarbonyl (C=S) groups is 1. The van der Waals surface area contributed by atoms with Crippen LogP contribution in [-0.4, -0.2) is 40.1 Å². The summed E-state index contributed by atoms with van der Waals surface area (Å²) >= 11 is 5.24. The molecule has 0 spiro atoms. The van der Waals surface area contributed by atoms with Gasteiger partial charge in [-0.25, -0.2) is 9.67 Å². The van der Waals surface area contributed by atoms with Crippen molar-refractivity contribution in [3.8, 4) is 17.2 Å². The van der Waals surface area contributed by atoms with Crippen molar-refractivity contribution in [3.05, 3.63) is 66.4 Å². The van der Waals surface area contributed by atoms with Gasteiger partial charge in [0.2, 0.25) is 0 Å². The highest BCUT2D eigenvalue weighted by Gasteiger charge is 2.30. The second-order valence-corrected chi connectivity index (χ2v) is 6.95. The van der Waals surface area contributed by atoms with Crippen LogP contribution in [0.2, 0.25) is 0 Å². The van der Waals surface area contributed by atoms with Crippen molar-refractivity contribution in [1.29, 1.82) is 0 Å². The largest absolute Gasteiger partial charge is 0.573 e. The Balaban J connectivity index is 1.46. The third kappa shape index (κ3) is 7.38. The Morgan fingerprint density at radius 2 is 1.94 bits per heavy atom. The molecular weight excluding hydrogens is 459 g/mol. The third-order valence-corrected chi connectivity index (χ3v) is 4.32. The number of rotatable bonds is 8. The van der Waals surface area contributed by atoms with E-state index in [0.717, 1.165) is 11.3 Å². The average Bonchev–Trinajstić information content (AvgIpc) is 3.22. The third-order valence-electron chi connectivity index (χ3n) is 4.08. The van der Waals surface area contributed by atoms with Crippen molar-refractivity contribution >= 4 is 29.1 Å². The first-order valence-electron chi connectivity index (χ1n) is 9.49. The van der Waals surface area contributed by atoms with Gasteiger partial charge in [0.1, 0.15) is 17.8 Å². The van der Waals surface area contributed by atoms with E-state index in [9.17, 15) is 13.2 Å². The van der Waals surface area contributed by atoms with Crippen LogP contribution in [0.4, 0.5) is 18.9 Å². The van der Waals surface area contributed by atoms with Gasteiger partial charge in [0.05, 0.1) is 24.7 Å². The molecule has 0 aliphatic carbocycles. The standard InChI is InChI=1S/C21H20F3N5O3S/c1-14-3-8-18(30-2)17(11-14)27-20(33)26-13-31-10-9-19-25-12-29(28-19)15-4-6-16(7-5-15)32-21(22,23)24/h3-12H,13H2,1-2H3,(H2,26,27,33)/b10-9+. The van der Waals surface area contributed by atoms with Gasteiger partial charge in [0, 0.05) is 6.08 Å². The molecule has 2 aromatic carbocycles. The smallest absolute Gasteiger partial charge is 0.495 e. The molecule has 0 radical (unpaired) electrons. The van der Waals surface area contributed by atoms with E-state index in [-0.39, 0.29) is 12.5 Å². The number of aryl methyl sites for hydroxylation is 1. The Morgan fingerprint density at radius 1 is 1.18 bits per heavy atom. The first-order valence-corrected chi connectivity index (χ1v) is 9.90. The second-order valence-electron chi connectivity index (χ2n) is 6.54. The fourth-order valence-electron chi connectivity index (χ4n) is 2.63. The minimum atomic E-state index is -4.74. The van der Waals surface area contributed by atoms with Crippen molar-refractivity contribution in [2.24, 2.45) is 0 Å². The summed E-state index contributed by atoms with van der Waals surface area (Å²) < 4.78 is 52.6. The summed E-state index contributed by atoms with van der Waals surface area (Å²) in [6.07, 6.45) is -0.400. The highest BCUT2D eigenvalue weighted by atomic mass is 32.1. The van der Waals surface area contributed by atoms with Gasteiger partial charge in [-0.05, 0) is 61.1 Å². The molecule has 1 aromatic heterocycles. The van der Waals surface area contributed by atoms with Crippen LogP contribution in [0, 0.1) is 6.92 Å². The number of ether oxygens (including phenoxy) is 3. The molecule has 8 nitrogen and oxygen atoms in total. The molecule has 2 N–H and O–H groups in total. The van der Waals surface area contributed by atoms with Gasteiger partial charge >= 0.3 is 6.36 Å². The van der Waals surface area contributed by atoms with Crippen LogP contribution in [0.15, 0.2) is 55.1 Å². The maximum atomic E-state index is 12.2. The SMILES string of the molecule is COc1ccc(C)cc1NC(=S)NCO/C=C/c1ncn(-c2ccc(OC(F)(F)F)cc2)n1. The molecule has 33 heavy (non-hydrogen) atoms.